The number of aromatic nitrogens is 1. The minimum Gasteiger partial charge on any atom is -0.346 e. The standard InChI is InChI=1S/C5H6F5N4P3/c1-14-4-2-3-5(14)15(6)11-16(7,8)13-17(9,10)12-15/h2-4H,1H3. The van der Waals surface area contributed by atoms with Crippen LogP contribution in [0.3, 0.4) is 0 Å². The summed E-state index contributed by atoms with van der Waals surface area (Å²) in [4.78, 5) is 0. The molecule has 96 valence electrons. The average Bonchev–Trinajstić information content (AvgIpc) is 2.44. The molecule has 1 aromatic rings. The average molecular weight is 310 g/mol. The second-order valence-electron chi connectivity index (χ2n) is 3.18. The lowest BCUT2D eigenvalue weighted by molar-refractivity contribution is 0.697. The normalized spacial score (nSPS) is 30.0. The van der Waals surface area contributed by atoms with E-state index in [-0.39, 0.29) is 5.44 Å². The summed E-state index contributed by atoms with van der Waals surface area (Å²) in [6, 6.07) is 2.47. The molecule has 0 bridgehead atoms. The molecule has 0 fully saturated rings. The van der Waals surface area contributed by atoms with E-state index < -0.39 is 23.2 Å². The third kappa shape index (κ3) is 2.56. The first-order valence-corrected chi connectivity index (χ1v) is 8.69. The molecule has 1 aromatic heterocycles. The lowest BCUT2D eigenvalue weighted by atomic mass is 10.7. The Morgan fingerprint density at radius 2 is 1.59 bits per heavy atom. The maximum atomic E-state index is 14.2. The zero-order valence-electron chi connectivity index (χ0n) is 8.25. The van der Waals surface area contributed by atoms with Gasteiger partial charge in [-0.05, 0) is 12.1 Å². The minimum atomic E-state index is -5.62. The van der Waals surface area contributed by atoms with Crippen molar-refractivity contribution < 1.29 is 21.0 Å². The van der Waals surface area contributed by atoms with Crippen LogP contribution in [0.5, 0.6) is 0 Å². The first kappa shape index (κ1) is 13.1. The fraction of sp³-hybridized carbons (Fsp3) is 0.200. The topological polar surface area (TPSA) is 42.0 Å². The molecular weight excluding hydrogens is 304 g/mol. The Hall–Kier alpha value is -0.380. The van der Waals surface area contributed by atoms with E-state index in [0.717, 1.165) is 10.6 Å². The van der Waals surface area contributed by atoms with Crippen LogP contribution in [0.4, 0.5) is 21.0 Å². The van der Waals surface area contributed by atoms with Crippen LogP contribution >= 0.6 is 23.2 Å². The molecule has 17 heavy (non-hydrogen) atoms. The van der Waals surface area contributed by atoms with Gasteiger partial charge in [-0.2, -0.15) is 4.20 Å². The van der Waals surface area contributed by atoms with Gasteiger partial charge in [-0.1, -0.05) is 0 Å². The van der Waals surface area contributed by atoms with Gasteiger partial charge >= 0.3 is 15.7 Å². The van der Waals surface area contributed by atoms with Crippen LogP contribution in [0, 0.1) is 0 Å². The Labute approximate surface area is 93.8 Å². The summed E-state index contributed by atoms with van der Waals surface area (Å²) >= 11 is 0. The van der Waals surface area contributed by atoms with Crippen molar-refractivity contribution in [2.75, 3.05) is 0 Å². The fourth-order valence-electron chi connectivity index (χ4n) is 1.31. The van der Waals surface area contributed by atoms with Gasteiger partial charge in [0.15, 0.2) is 0 Å². The van der Waals surface area contributed by atoms with Crippen LogP contribution in [0.25, 0.3) is 0 Å². The summed E-state index contributed by atoms with van der Waals surface area (Å²) in [5, 5.41) is 0. The third-order valence-electron chi connectivity index (χ3n) is 1.88. The van der Waals surface area contributed by atoms with Gasteiger partial charge in [0.2, 0.25) is 0 Å². The van der Waals surface area contributed by atoms with Crippen molar-refractivity contribution in [3.63, 3.8) is 0 Å². The Morgan fingerprint density at radius 1 is 1.00 bits per heavy atom. The Balaban J connectivity index is 2.78. The predicted octanol–water partition coefficient (Wildman–Crippen LogP) is 5.44. The monoisotopic (exact) mass is 310 g/mol. The molecule has 0 N–H and O–H groups in total. The summed E-state index contributed by atoms with van der Waals surface area (Å²) in [5.41, 5.74) is -0.355. The molecule has 2 rings (SSSR count). The molecule has 1 unspecified atom stereocenters. The maximum absolute atomic E-state index is 14.2. The number of hydrogen-bond donors (Lipinski definition) is 0. The second-order valence-corrected chi connectivity index (χ2v) is 8.66. The molecule has 0 saturated heterocycles. The largest absolute Gasteiger partial charge is 0.423 e. The van der Waals surface area contributed by atoms with Crippen molar-refractivity contribution in [3.8, 4) is 0 Å². The van der Waals surface area contributed by atoms with Crippen LogP contribution < -0.4 is 5.44 Å². The first-order chi connectivity index (χ1) is 7.64. The molecule has 1 atom stereocenters. The molecule has 1 aliphatic rings. The van der Waals surface area contributed by atoms with Crippen molar-refractivity contribution in [2.24, 2.45) is 20.6 Å². The lowest BCUT2D eigenvalue weighted by Crippen LogP contribution is -2.10. The summed E-state index contributed by atoms with van der Waals surface area (Å²) in [5.74, 6) is 0. The molecule has 0 aliphatic carbocycles. The van der Waals surface area contributed by atoms with Gasteiger partial charge in [-0.25, -0.2) is 0 Å². The number of halogens is 5. The van der Waals surface area contributed by atoms with E-state index in [4.69, 9.17) is 0 Å². The number of nitrogens with zero attached hydrogens (tertiary/aromatic N) is 4. The number of rotatable bonds is 1. The second kappa shape index (κ2) is 3.81. The molecule has 0 radical (unpaired) electrons. The fourth-order valence-corrected chi connectivity index (χ4v) is 7.50. The summed E-state index contributed by atoms with van der Waals surface area (Å²) in [6.07, 6.45) is 1.35. The Kier molecular flexibility index (Phi) is 2.92. The highest BCUT2D eigenvalue weighted by atomic mass is 31.3. The Bertz CT molecular complexity index is 614. The van der Waals surface area contributed by atoms with Gasteiger partial charge in [0.25, 0.3) is 7.52 Å². The van der Waals surface area contributed by atoms with E-state index in [9.17, 15) is 21.0 Å². The van der Waals surface area contributed by atoms with E-state index in [1.807, 2.05) is 4.52 Å². The van der Waals surface area contributed by atoms with Crippen molar-refractivity contribution in [3.05, 3.63) is 18.3 Å². The minimum absolute atomic E-state index is 0.355. The molecule has 0 aromatic carbocycles. The first-order valence-electron chi connectivity index (χ1n) is 4.15. The zero-order chi connectivity index (χ0) is 12.9. The number of aryl methyl sites for hydroxylation is 1. The highest BCUT2D eigenvalue weighted by Crippen LogP contribution is 2.81. The van der Waals surface area contributed by atoms with Gasteiger partial charge in [0.1, 0.15) is 5.44 Å². The van der Waals surface area contributed by atoms with Gasteiger partial charge < -0.3 is 4.57 Å². The lowest BCUT2D eigenvalue weighted by Gasteiger charge is -2.17. The van der Waals surface area contributed by atoms with E-state index in [0.29, 0.717) is 0 Å². The molecule has 4 nitrogen and oxygen atoms in total. The van der Waals surface area contributed by atoms with Gasteiger partial charge in [-0.3, -0.25) is 0 Å². The molecule has 1 aliphatic heterocycles. The van der Waals surface area contributed by atoms with E-state index in [1.165, 1.54) is 19.3 Å². The molecule has 0 amide bonds. The highest BCUT2D eigenvalue weighted by Gasteiger charge is 2.40. The molecular formula is C5H6F5N4P3. The highest BCUT2D eigenvalue weighted by molar-refractivity contribution is 7.82. The van der Waals surface area contributed by atoms with E-state index in [1.54, 1.807) is 0 Å². The van der Waals surface area contributed by atoms with Crippen LogP contribution in [-0.4, -0.2) is 4.57 Å². The molecule has 0 saturated carbocycles. The number of hydrogen-bond acceptors (Lipinski definition) is 3. The summed E-state index contributed by atoms with van der Waals surface area (Å²) < 4.78 is 74.3. The van der Waals surface area contributed by atoms with Crippen molar-refractivity contribution in [1.29, 1.82) is 0 Å². The van der Waals surface area contributed by atoms with Crippen molar-refractivity contribution in [2.45, 2.75) is 0 Å². The summed E-state index contributed by atoms with van der Waals surface area (Å²) in [6.45, 7) is 0. The zero-order valence-corrected chi connectivity index (χ0v) is 10.9. The third-order valence-corrected chi connectivity index (χ3v) is 8.26. The molecule has 2 heterocycles. The SMILES string of the molecule is Cn1cccc1P1(F)=NP(F)(F)=NP(F)(F)=N1. The van der Waals surface area contributed by atoms with Crippen LogP contribution in [0.15, 0.2) is 31.9 Å². The molecule has 0 spiro atoms. The van der Waals surface area contributed by atoms with Crippen LogP contribution in [0.1, 0.15) is 0 Å². The summed E-state index contributed by atoms with van der Waals surface area (Å²) in [7, 11) is -14.6. The van der Waals surface area contributed by atoms with E-state index >= 15 is 0 Å². The van der Waals surface area contributed by atoms with Crippen LogP contribution in [-0.2, 0) is 7.05 Å². The molecule has 12 heteroatoms. The maximum Gasteiger partial charge on any atom is 0.423 e. The predicted molar refractivity (Wildman–Crippen MR) is 58.6 cm³/mol. The van der Waals surface area contributed by atoms with Gasteiger partial charge in [0, 0.05) is 13.2 Å². The van der Waals surface area contributed by atoms with Gasteiger partial charge in [-0.15, -0.1) is 30.3 Å². The van der Waals surface area contributed by atoms with Crippen molar-refractivity contribution >= 4 is 28.6 Å². The van der Waals surface area contributed by atoms with Crippen LogP contribution in [0.2, 0.25) is 0 Å². The quantitative estimate of drug-likeness (QED) is 0.490. The van der Waals surface area contributed by atoms with Crippen molar-refractivity contribution in [1.82, 2.24) is 4.57 Å². The smallest absolute Gasteiger partial charge is 0.346 e. The Morgan fingerprint density at radius 3 is 2.06 bits per heavy atom. The van der Waals surface area contributed by atoms with E-state index in [2.05, 4.69) is 9.03 Å². The van der Waals surface area contributed by atoms with Gasteiger partial charge in [0.05, 0.1) is 0 Å².